The van der Waals surface area contributed by atoms with Gasteiger partial charge in [0.15, 0.2) is 0 Å². The maximum absolute atomic E-state index is 3.27. The predicted octanol–water partition coefficient (Wildman–Crippen LogP) is 4.14. The van der Waals surface area contributed by atoms with Crippen LogP contribution >= 0.6 is 0 Å². The molecule has 0 fully saturated rings. The summed E-state index contributed by atoms with van der Waals surface area (Å²) in [4.78, 5) is 0. The molecule has 0 N–H and O–H groups in total. The molecule has 0 atom stereocenters. The van der Waals surface area contributed by atoms with E-state index >= 15 is 0 Å². The molecule has 0 unspecified atom stereocenters. The smallest absolute Gasteiger partial charge is 0.0160 e. The Kier molecular flexibility index (Phi) is 6.39. The fraction of sp³-hybridized carbons (Fsp3) is 0.286. The summed E-state index contributed by atoms with van der Waals surface area (Å²) < 4.78 is 0. The molecule has 0 bridgehead atoms. The van der Waals surface area contributed by atoms with Gasteiger partial charge in [0.25, 0.3) is 0 Å². The number of hydrogen-bond acceptors (Lipinski definition) is 0. The zero-order valence-electron chi connectivity index (χ0n) is 8.52. The van der Waals surface area contributed by atoms with Crippen molar-refractivity contribution in [3.8, 4) is 0 Å². The Morgan fingerprint density at radius 1 is 0.714 bits per heavy atom. The third kappa shape index (κ3) is 6.24. The molecule has 1 aliphatic carbocycles. The van der Waals surface area contributed by atoms with Crippen molar-refractivity contribution in [1.29, 1.82) is 0 Å². The monoisotopic (exact) mass is 185 g/mol. The van der Waals surface area contributed by atoms with E-state index in [4.69, 9.17) is 0 Å². The average molecular weight is 185 g/mol. The number of hydrogen-bond donors (Lipinski definition) is 0. The zero-order valence-corrected chi connectivity index (χ0v) is 8.52. The zero-order chi connectivity index (χ0) is 9.90. The number of allylic oxidation sites excluding steroid dienone is 10. The van der Waals surface area contributed by atoms with Gasteiger partial charge in [-0.1, -0.05) is 54.7 Å². The fourth-order valence-corrected chi connectivity index (χ4v) is 1.16. The van der Waals surface area contributed by atoms with Crippen LogP contribution in [0.2, 0.25) is 0 Å². The van der Waals surface area contributed by atoms with Crippen LogP contribution in [0, 0.1) is 6.08 Å². The molecule has 1 aliphatic rings. The molecule has 0 saturated heterocycles. The minimum atomic E-state index is 0.984. The third-order valence-electron chi connectivity index (χ3n) is 1.90. The Balaban J connectivity index is 2.45. The molecule has 73 valence electrons. The van der Waals surface area contributed by atoms with E-state index in [0.29, 0.717) is 0 Å². The molecule has 0 aromatic rings. The Hall–Kier alpha value is -1.30. The SMILES string of the molecule is [C]1=C/C\C=C/C=C/C=C/C/C=C\CC/1. The van der Waals surface area contributed by atoms with Gasteiger partial charge in [0.05, 0.1) is 0 Å². The lowest BCUT2D eigenvalue weighted by Crippen LogP contribution is -1.67. The highest BCUT2D eigenvalue weighted by Crippen LogP contribution is 1.97. The molecule has 1 rings (SSSR count). The first-order chi connectivity index (χ1) is 7.00. The molecule has 0 heterocycles. The quantitative estimate of drug-likeness (QED) is 0.497. The van der Waals surface area contributed by atoms with E-state index < -0.39 is 0 Å². The highest BCUT2D eigenvalue weighted by Gasteiger charge is 1.78. The average Bonchev–Trinajstić information content (AvgIpc) is 2.22. The molecule has 0 aromatic carbocycles. The van der Waals surface area contributed by atoms with Crippen LogP contribution in [0.4, 0.5) is 0 Å². The molecule has 0 aliphatic heterocycles. The first-order valence-corrected chi connectivity index (χ1v) is 5.18. The minimum Gasteiger partial charge on any atom is -0.0879 e. The summed E-state index contributed by atoms with van der Waals surface area (Å²) in [6.45, 7) is 0. The van der Waals surface area contributed by atoms with E-state index in [0.717, 1.165) is 25.7 Å². The Bertz CT molecular complexity index is 234. The molecule has 0 amide bonds. The number of rotatable bonds is 0. The highest BCUT2D eigenvalue weighted by molar-refractivity contribution is 5.12. The first kappa shape index (κ1) is 10.8. The van der Waals surface area contributed by atoms with Crippen LogP contribution in [0.15, 0.2) is 54.7 Å². The standard InChI is InChI=1S/C14H17/c1-2-4-6-8-10-12-14-13-11-9-7-5-3-1/h1-6,9-11H,7-8,13-14H2/b2-1+,5-3+,6-4-,11-9-,12-10?. The third-order valence-corrected chi connectivity index (χ3v) is 1.90. The summed E-state index contributed by atoms with van der Waals surface area (Å²) in [7, 11) is 0. The van der Waals surface area contributed by atoms with Crippen molar-refractivity contribution in [2.75, 3.05) is 0 Å². The maximum atomic E-state index is 3.27. The molecule has 0 aromatic heterocycles. The van der Waals surface area contributed by atoms with Gasteiger partial charge in [-0.3, -0.25) is 0 Å². The molecule has 14 heavy (non-hydrogen) atoms. The highest BCUT2D eigenvalue weighted by atomic mass is 13.8. The van der Waals surface area contributed by atoms with Crippen LogP contribution in [0.3, 0.4) is 0 Å². The van der Waals surface area contributed by atoms with Crippen LogP contribution < -0.4 is 0 Å². The van der Waals surface area contributed by atoms with Crippen molar-refractivity contribution in [1.82, 2.24) is 0 Å². The second kappa shape index (κ2) is 8.31. The van der Waals surface area contributed by atoms with Crippen molar-refractivity contribution < 1.29 is 0 Å². The summed E-state index contributed by atoms with van der Waals surface area (Å²) in [5.41, 5.74) is 0. The normalized spacial score (nSPS) is 29.7. The molecule has 0 heteroatoms. The molecule has 0 saturated carbocycles. The lowest BCUT2D eigenvalue weighted by Gasteiger charge is -1.87. The van der Waals surface area contributed by atoms with Gasteiger partial charge in [-0.15, -0.1) is 0 Å². The predicted molar refractivity (Wildman–Crippen MR) is 62.8 cm³/mol. The van der Waals surface area contributed by atoms with Gasteiger partial charge in [0, 0.05) is 0 Å². The summed E-state index contributed by atoms with van der Waals surface area (Å²) in [6.07, 6.45) is 26.5. The summed E-state index contributed by atoms with van der Waals surface area (Å²) >= 11 is 0. The van der Waals surface area contributed by atoms with Crippen molar-refractivity contribution >= 4 is 0 Å². The lowest BCUT2D eigenvalue weighted by atomic mass is 10.2. The second-order valence-corrected chi connectivity index (χ2v) is 3.13. The van der Waals surface area contributed by atoms with Gasteiger partial charge < -0.3 is 0 Å². The maximum Gasteiger partial charge on any atom is -0.0160 e. The first-order valence-electron chi connectivity index (χ1n) is 5.18. The lowest BCUT2D eigenvalue weighted by molar-refractivity contribution is 1.01. The molecular formula is C14H17. The fourth-order valence-electron chi connectivity index (χ4n) is 1.16. The van der Waals surface area contributed by atoms with Gasteiger partial charge in [-0.05, 0) is 31.8 Å². The summed E-state index contributed by atoms with van der Waals surface area (Å²) in [5.74, 6) is 0. The second-order valence-electron chi connectivity index (χ2n) is 3.13. The molecular weight excluding hydrogens is 168 g/mol. The van der Waals surface area contributed by atoms with E-state index in [-0.39, 0.29) is 0 Å². The van der Waals surface area contributed by atoms with E-state index in [2.05, 4.69) is 60.8 Å². The van der Waals surface area contributed by atoms with Crippen LogP contribution in [0.5, 0.6) is 0 Å². The van der Waals surface area contributed by atoms with E-state index in [1.54, 1.807) is 0 Å². The van der Waals surface area contributed by atoms with Crippen LogP contribution in [-0.2, 0) is 0 Å². The van der Waals surface area contributed by atoms with Crippen LogP contribution in [-0.4, -0.2) is 0 Å². The Morgan fingerprint density at radius 2 is 1.50 bits per heavy atom. The van der Waals surface area contributed by atoms with Crippen LogP contribution in [0.25, 0.3) is 0 Å². The molecule has 0 spiro atoms. The minimum absolute atomic E-state index is 0.984. The summed E-state index contributed by atoms with van der Waals surface area (Å²) in [5, 5.41) is 0. The largest absolute Gasteiger partial charge is 0.0879 e. The van der Waals surface area contributed by atoms with Crippen molar-refractivity contribution in [2.24, 2.45) is 0 Å². The topological polar surface area (TPSA) is 0 Å². The Morgan fingerprint density at radius 3 is 2.36 bits per heavy atom. The Labute approximate surface area is 87.0 Å². The van der Waals surface area contributed by atoms with E-state index in [9.17, 15) is 0 Å². The van der Waals surface area contributed by atoms with Crippen LogP contribution in [0.1, 0.15) is 25.7 Å². The van der Waals surface area contributed by atoms with E-state index in [1.165, 1.54) is 0 Å². The van der Waals surface area contributed by atoms with Gasteiger partial charge >= 0.3 is 0 Å². The summed E-state index contributed by atoms with van der Waals surface area (Å²) in [6, 6.07) is 0. The van der Waals surface area contributed by atoms with E-state index in [1.807, 2.05) is 0 Å². The van der Waals surface area contributed by atoms with Crippen molar-refractivity contribution in [3.05, 3.63) is 60.8 Å². The molecule has 1 radical (unpaired) electrons. The van der Waals surface area contributed by atoms with Gasteiger partial charge in [-0.2, -0.15) is 0 Å². The van der Waals surface area contributed by atoms with Gasteiger partial charge in [0.2, 0.25) is 0 Å². The van der Waals surface area contributed by atoms with Crippen molar-refractivity contribution in [2.45, 2.75) is 25.7 Å². The van der Waals surface area contributed by atoms with Gasteiger partial charge in [-0.25, -0.2) is 0 Å². The van der Waals surface area contributed by atoms with Crippen molar-refractivity contribution in [3.63, 3.8) is 0 Å². The molecule has 0 nitrogen and oxygen atoms in total. The van der Waals surface area contributed by atoms with Gasteiger partial charge in [0.1, 0.15) is 0 Å².